The van der Waals surface area contributed by atoms with E-state index >= 15 is 0 Å². The SMILES string of the molecule is CC1(C)O[C@@H](Cn2cnc3c(Cl)ncnc32)[C@@H](CCOS(N)(=O)=O)O1. The lowest BCUT2D eigenvalue weighted by Gasteiger charge is -2.17. The molecule has 3 rings (SSSR count). The Kier molecular flexibility index (Phi) is 4.97. The molecular weight excluding hydrogens is 374 g/mol. The summed E-state index contributed by atoms with van der Waals surface area (Å²) in [6.07, 6.45) is 2.51. The molecule has 0 aliphatic carbocycles. The molecule has 0 amide bonds. The Bertz CT molecular complexity index is 871. The molecule has 3 heterocycles. The first-order valence-electron chi connectivity index (χ1n) is 7.49. The van der Waals surface area contributed by atoms with Crippen LogP contribution >= 0.6 is 11.6 Å². The second-order valence-corrected chi connectivity index (χ2v) is 7.63. The first-order valence-corrected chi connectivity index (χ1v) is 9.34. The molecule has 2 N–H and O–H groups in total. The van der Waals surface area contributed by atoms with Crippen LogP contribution in [-0.2, 0) is 30.5 Å². The topological polar surface area (TPSA) is 131 Å². The van der Waals surface area contributed by atoms with Gasteiger partial charge in [-0.2, -0.15) is 8.42 Å². The van der Waals surface area contributed by atoms with Crippen molar-refractivity contribution in [2.75, 3.05) is 6.61 Å². The van der Waals surface area contributed by atoms with Gasteiger partial charge in [0.05, 0.1) is 25.6 Å². The van der Waals surface area contributed by atoms with Gasteiger partial charge < -0.3 is 14.0 Å². The van der Waals surface area contributed by atoms with Crippen LogP contribution in [0.25, 0.3) is 11.2 Å². The van der Waals surface area contributed by atoms with E-state index in [1.54, 1.807) is 24.7 Å². The maximum absolute atomic E-state index is 10.9. The third kappa shape index (κ3) is 4.43. The Balaban J connectivity index is 1.75. The second kappa shape index (κ2) is 6.74. The van der Waals surface area contributed by atoms with Crippen molar-refractivity contribution in [3.8, 4) is 0 Å². The molecule has 1 aliphatic heterocycles. The third-order valence-corrected chi connectivity index (χ3v) is 4.44. The summed E-state index contributed by atoms with van der Waals surface area (Å²) in [5.41, 5.74) is 1.07. The molecule has 25 heavy (non-hydrogen) atoms. The summed E-state index contributed by atoms with van der Waals surface area (Å²) in [7, 11) is -3.99. The normalized spacial score (nSPS) is 23.4. The lowest BCUT2D eigenvalue weighted by molar-refractivity contribution is -0.147. The minimum absolute atomic E-state index is 0.0991. The number of hydrogen-bond acceptors (Lipinski definition) is 8. The number of halogens is 1. The summed E-state index contributed by atoms with van der Waals surface area (Å²) in [6, 6.07) is 0. The molecule has 0 aromatic carbocycles. The fourth-order valence-electron chi connectivity index (χ4n) is 2.77. The average Bonchev–Trinajstić information content (AvgIpc) is 3.00. The second-order valence-electron chi connectivity index (χ2n) is 6.05. The van der Waals surface area contributed by atoms with E-state index < -0.39 is 16.1 Å². The van der Waals surface area contributed by atoms with Crippen molar-refractivity contribution in [2.45, 2.75) is 44.8 Å². The highest BCUT2D eigenvalue weighted by Gasteiger charge is 2.41. The van der Waals surface area contributed by atoms with Gasteiger partial charge in [-0.3, -0.25) is 4.18 Å². The Morgan fingerprint density at radius 3 is 2.76 bits per heavy atom. The summed E-state index contributed by atoms with van der Waals surface area (Å²) in [6.45, 7) is 3.86. The molecule has 2 atom stereocenters. The number of fused-ring (bicyclic) bond motifs is 1. The van der Waals surface area contributed by atoms with Crippen LogP contribution < -0.4 is 5.14 Å². The van der Waals surface area contributed by atoms with Crippen LogP contribution in [0.1, 0.15) is 20.3 Å². The minimum atomic E-state index is -3.99. The number of nitrogens with zero attached hydrogens (tertiary/aromatic N) is 4. The van der Waals surface area contributed by atoms with E-state index in [2.05, 4.69) is 19.1 Å². The van der Waals surface area contributed by atoms with Crippen molar-refractivity contribution in [3.63, 3.8) is 0 Å². The van der Waals surface area contributed by atoms with E-state index in [1.807, 2.05) is 0 Å². The minimum Gasteiger partial charge on any atom is -0.344 e. The van der Waals surface area contributed by atoms with Crippen molar-refractivity contribution in [1.82, 2.24) is 19.5 Å². The predicted molar refractivity (Wildman–Crippen MR) is 87.8 cm³/mol. The fourth-order valence-corrected chi connectivity index (χ4v) is 3.27. The van der Waals surface area contributed by atoms with Crippen LogP contribution in [0.4, 0.5) is 0 Å². The highest BCUT2D eigenvalue weighted by Crippen LogP contribution is 2.31. The number of rotatable bonds is 6. The quantitative estimate of drug-likeness (QED) is 0.708. The molecule has 0 bridgehead atoms. The molecule has 1 saturated heterocycles. The molecule has 1 fully saturated rings. The molecule has 0 spiro atoms. The molecule has 0 radical (unpaired) electrons. The van der Waals surface area contributed by atoms with Crippen molar-refractivity contribution < 1.29 is 22.1 Å². The lowest BCUT2D eigenvalue weighted by atomic mass is 10.1. The molecule has 10 nitrogen and oxygen atoms in total. The van der Waals surface area contributed by atoms with Crippen molar-refractivity contribution in [3.05, 3.63) is 17.8 Å². The zero-order chi connectivity index (χ0) is 18.2. The Morgan fingerprint density at radius 1 is 1.32 bits per heavy atom. The smallest absolute Gasteiger partial charge is 0.333 e. The average molecular weight is 392 g/mol. The monoisotopic (exact) mass is 391 g/mol. The van der Waals surface area contributed by atoms with Crippen molar-refractivity contribution in [1.29, 1.82) is 0 Å². The maximum atomic E-state index is 10.9. The third-order valence-electron chi connectivity index (χ3n) is 3.67. The number of hydrogen-bond donors (Lipinski definition) is 1. The highest BCUT2D eigenvalue weighted by atomic mass is 35.5. The summed E-state index contributed by atoms with van der Waals surface area (Å²) in [5.74, 6) is -0.806. The summed E-state index contributed by atoms with van der Waals surface area (Å²) < 4.78 is 39.9. The lowest BCUT2D eigenvalue weighted by Crippen LogP contribution is -2.29. The van der Waals surface area contributed by atoms with Crippen LogP contribution in [0.5, 0.6) is 0 Å². The molecule has 2 aromatic heterocycles. The molecule has 0 saturated carbocycles. The van der Waals surface area contributed by atoms with Gasteiger partial charge in [0.25, 0.3) is 0 Å². The van der Waals surface area contributed by atoms with Gasteiger partial charge in [-0.05, 0) is 13.8 Å². The summed E-state index contributed by atoms with van der Waals surface area (Å²) in [5, 5.41) is 5.10. The maximum Gasteiger partial charge on any atom is 0.333 e. The van der Waals surface area contributed by atoms with Gasteiger partial charge in [-0.25, -0.2) is 20.1 Å². The van der Waals surface area contributed by atoms with E-state index in [1.165, 1.54) is 6.33 Å². The summed E-state index contributed by atoms with van der Waals surface area (Å²) >= 11 is 6.00. The first kappa shape index (κ1) is 18.4. The van der Waals surface area contributed by atoms with Gasteiger partial charge in [0, 0.05) is 6.42 Å². The first-order chi connectivity index (χ1) is 11.6. The largest absolute Gasteiger partial charge is 0.344 e. The molecule has 2 aromatic rings. The standard InChI is InChI=1S/C13H18ClN5O5S/c1-13(2)23-8(3-4-22-25(15,20)21)9(24-13)5-19-7-18-10-11(14)16-6-17-12(10)19/h6-9H,3-5H2,1-2H3,(H2,15,20,21)/t8-,9+/m1/s1. The van der Waals surface area contributed by atoms with Crippen LogP contribution in [0, 0.1) is 0 Å². The van der Waals surface area contributed by atoms with Crippen LogP contribution in [0.3, 0.4) is 0 Å². The Hall–Kier alpha value is -1.37. The summed E-state index contributed by atoms with van der Waals surface area (Å²) in [4.78, 5) is 12.3. The number of ether oxygens (including phenoxy) is 2. The van der Waals surface area contributed by atoms with Crippen molar-refractivity contribution >= 4 is 33.1 Å². The van der Waals surface area contributed by atoms with E-state index in [0.29, 0.717) is 24.1 Å². The van der Waals surface area contributed by atoms with Gasteiger partial charge in [-0.15, -0.1) is 0 Å². The highest BCUT2D eigenvalue weighted by molar-refractivity contribution is 7.84. The zero-order valence-corrected chi connectivity index (χ0v) is 15.2. The van der Waals surface area contributed by atoms with Gasteiger partial charge in [-0.1, -0.05) is 11.6 Å². The van der Waals surface area contributed by atoms with Gasteiger partial charge in [0.1, 0.15) is 17.9 Å². The molecule has 138 valence electrons. The predicted octanol–water partition coefficient (Wildman–Crippen LogP) is 0.610. The molecule has 1 aliphatic rings. The number of imidazole rings is 1. The van der Waals surface area contributed by atoms with Crippen molar-refractivity contribution in [2.24, 2.45) is 5.14 Å². The Morgan fingerprint density at radius 2 is 2.04 bits per heavy atom. The fraction of sp³-hybridized carbons (Fsp3) is 0.615. The molecule has 12 heteroatoms. The van der Waals surface area contributed by atoms with E-state index in [9.17, 15) is 8.42 Å². The van der Waals surface area contributed by atoms with Crippen LogP contribution in [0.2, 0.25) is 5.15 Å². The van der Waals surface area contributed by atoms with Gasteiger partial charge in [0.2, 0.25) is 0 Å². The number of aromatic nitrogens is 4. The Labute approximate surface area is 149 Å². The molecule has 0 unspecified atom stereocenters. The van der Waals surface area contributed by atoms with E-state index in [-0.39, 0.29) is 24.0 Å². The molecular formula is C13H18ClN5O5S. The van der Waals surface area contributed by atoms with E-state index in [4.69, 9.17) is 26.2 Å². The van der Waals surface area contributed by atoms with Gasteiger partial charge >= 0.3 is 10.3 Å². The van der Waals surface area contributed by atoms with Crippen LogP contribution in [-0.4, -0.2) is 52.5 Å². The van der Waals surface area contributed by atoms with Gasteiger partial charge in [0.15, 0.2) is 16.6 Å². The van der Waals surface area contributed by atoms with E-state index in [0.717, 1.165) is 0 Å². The number of nitrogens with two attached hydrogens (primary N) is 1. The zero-order valence-electron chi connectivity index (χ0n) is 13.6. The van der Waals surface area contributed by atoms with Crippen LogP contribution in [0.15, 0.2) is 12.7 Å².